The molecule has 0 aromatic heterocycles. The van der Waals surface area contributed by atoms with Crippen molar-refractivity contribution in [1.82, 2.24) is 0 Å². The Labute approximate surface area is 90.3 Å². The molecule has 0 bridgehead atoms. The number of rotatable bonds is 2. The molecule has 1 aromatic rings. The second kappa shape index (κ2) is 4.63. The summed E-state index contributed by atoms with van der Waals surface area (Å²) in [6, 6.07) is 7.57. The maximum absolute atomic E-state index is 8.52. The lowest BCUT2D eigenvalue weighted by Crippen LogP contribution is -2.01. The monoisotopic (exact) mass is 261 g/mol. The molecule has 70 valence electrons. The molecule has 4 heteroatoms. The van der Waals surface area contributed by atoms with Crippen molar-refractivity contribution in [3.05, 3.63) is 34.3 Å². The van der Waals surface area contributed by atoms with Gasteiger partial charge in [-0.2, -0.15) is 0 Å². The molecule has 1 aromatic carbocycles. The summed E-state index contributed by atoms with van der Waals surface area (Å²) in [5.41, 5.74) is 1.41. The lowest BCUT2D eigenvalue weighted by Gasteiger charge is -2.07. The first-order chi connectivity index (χ1) is 6.15. The van der Waals surface area contributed by atoms with Gasteiger partial charge >= 0.3 is 0 Å². The number of alkyl halides is 1. The van der Waals surface area contributed by atoms with E-state index in [1.165, 1.54) is 0 Å². The number of nitrogens with zero attached hydrogens (tertiary/aromatic N) is 1. The van der Waals surface area contributed by atoms with Gasteiger partial charge in [0.2, 0.25) is 0 Å². The van der Waals surface area contributed by atoms with E-state index in [-0.39, 0.29) is 5.38 Å². The van der Waals surface area contributed by atoms with E-state index in [9.17, 15) is 0 Å². The van der Waals surface area contributed by atoms with Gasteiger partial charge in [0.05, 0.1) is 11.1 Å². The molecule has 0 aliphatic carbocycles. The molecule has 0 aliphatic heterocycles. The molecule has 2 nitrogen and oxygen atoms in total. The van der Waals surface area contributed by atoms with Crippen LogP contribution in [0.3, 0.4) is 0 Å². The Morgan fingerprint density at radius 1 is 1.46 bits per heavy atom. The SMILES string of the molecule is CC(=NO)C(Cl)c1ccc(Br)cc1. The van der Waals surface area contributed by atoms with Crippen LogP contribution in [0.2, 0.25) is 0 Å². The normalized spacial score (nSPS) is 14.2. The summed E-state index contributed by atoms with van der Waals surface area (Å²) in [5.74, 6) is 0. The van der Waals surface area contributed by atoms with Crippen molar-refractivity contribution in [2.24, 2.45) is 5.16 Å². The highest BCUT2D eigenvalue weighted by Gasteiger charge is 2.10. The van der Waals surface area contributed by atoms with Crippen LogP contribution >= 0.6 is 27.5 Å². The van der Waals surface area contributed by atoms with Crippen LogP contribution in [-0.4, -0.2) is 10.9 Å². The van der Waals surface area contributed by atoms with Crippen molar-refractivity contribution in [2.75, 3.05) is 0 Å². The Morgan fingerprint density at radius 3 is 2.46 bits per heavy atom. The molecule has 13 heavy (non-hydrogen) atoms. The lowest BCUT2D eigenvalue weighted by molar-refractivity contribution is 0.317. The van der Waals surface area contributed by atoms with Gasteiger partial charge in [-0.05, 0) is 24.6 Å². The van der Waals surface area contributed by atoms with Gasteiger partial charge in [-0.25, -0.2) is 0 Å². The van der Waals surface area contributed by atoms with Crippen LogP contribution in [0.5, 0.6) is 0 Å². The fourth-order valence-corrected chi connectivity index (χ4v) is 1.38. The van der Waals surface area contributed by atoms with Gasteiger partial charge in [-0.15, -0.1) is 11.6 Å². The molecule has 1 unspecified atom stereocenters. The third kappa shape index (κ3) is 2.71. The van der Waals surface area contributed by atoms with E-state index in [1.54, 1.807) is 6.92 Å². The topological polar surface area (TPSA) is 32.6 Å². The van der Waals surface area contributed by atoms with E-state index in [4.69, 9.17) is 16.8 Å². The van der Waals surface area contributed by atoms with E-state index in [1.807, 2.05) is 24.3 Å². The molecule has 0 spiro atoms. The Morgan fingerprint density at radius 2 is 2.00 bits per heavy atom. The fourth-order valence-electron chi connectivity index (χ4n) is 0.924. The van der Waals surface area contributed by atoms with E-state index < -0.39 is 0 Å². The minimum absolute atomic E-state index is 0.363. The zero-order valence-electron chi connectivity index (χ0n) is 7.04. The number of benzene rings is 1. The smallest absolute Gasteiger partial charge is 0.0997 e. The van der Waals surface area contributed by atoms with Gasteiger partial charge in [0, 0.05) is 4.47 Å². The van der Waals surface area contributed by atoms with Crippen LogP contribution in [0.25, 0.3) is 0 Å². The zero-order chi connectivity index (χ0) is 9.84. The highest BCUT2D eigenvalue weighted by atomic mass is 79.9. The van der Waals surface area contributed by atoms with Crippen molar-refractivity contribution in [3.8, 4) is 0 Å². The van der Waals surface area contributed by atoms with Crippen molar-refractivity contribution < 1.29 is 5.21 Å². The summed E-state index contributed by atoms with van der Waals surface area (Å²) >= 11 is 9.33. The maximum atomic E-state index is 8.52. The second-order valence-electron chi connectivity index (χ2n) is 2.66. The third-order valence-electron chi connectivity index (χ3n) is 1.69. The summed E-state index contributed by atoms with van der Waals surface area (Å²) in [7, 11) is 0. The summed E-state index contributed by atoms with van der Waals surface area (Å²) < 4.78 is 0.999. The molecule has 0 amide bonds. The first-order valence-electron chi connectivity index (χ1n) is 3.73. The van der Waals surface area contributed by atoms with Gasteiger partial charge in [-0.1, -0.05) is 33.2 Å². The highest BCUT2D eigenvalue weighted by molar-refractivity contribution is 9.10. The number of hydrogen-bond donors (Lipinski definition) is 1. The van der Waals surface area contributed by atoms with E-state index in [2.05, 4.69) is 21.1 Å². The molecule has 1 rings (SSSR count). The predicted octanol–water partition coefficient (Wildman–Crippen LogP) is 3.58. The van der Waals surface area contributed by atoms with Crippen LogP contribution in [0, 0.1) is 0 Å². The maximum Gasteiger partial charge on any atom is 0.0997 e. The Bertz CT molecular complexity index is 310. The Kier molecular flexibility index (Phi) is 3.75. The fraction of sp³-hybridized carbons (Fsp3) is 0.222. The molecule has 0 fully saturated rings. The molecule has 0 aliphatic rings. The van der Waals surface area contributed by atoms with Gasteiger partial charge in [-0.3, -0.25) is 0 Å². The summed E-state index contributed by atoms with van der Waals surface area (Å²) in [6.07, 6.45) is 0. The molecule has 0 radical (unpaired) electrons. The molecule has 0 heterocycles. The van der Waals surface area contributed by atoms with Crippen molar-refractivity contribution in [3.63, 3.8) is 0 Å². The van der Waals surface area contributed by atoms with Gasteiger partial charge in [0.1, 0.15) is 0 Å². The lowest BCUT2D eigenvalue weighted by atomic mass is 10.1. The second-order valence-corrected chi connectivity index (χ2v) is 4.01. The zero-order valence-corrected chi connectivity index (χ0v) is 9.38. The minimum atomic E-state index is -0.363. The van der Waals surface area contributed by atoms with Crippen LogP contribution < -0.4 is 0 Å². The highest BCUT2D eigenvalue weighted by Crippen LogP contribution is 2.23. The quantitative estimate of drug-likeness (QED) is 0.376. The third-order valence-corrected chi connectivity index (χ3v) is 2.78. The van der Waals surface area contributed by atoms with E-state index >= 15 is 0 Å². The molecular formula is C9H9BrClNO. The molecule has 0 saturated heterocycles. The molecule has 1 atom stereocenters. The molecule has 0 saturated carbocycles. The Hall–Kier alpha value is -0.540. The summed E-state index contributed by atoms with van der Waals surface area (Å²) in [4.78, 5) is 0. The van der Waals surface area contributed by atoms with Crippen LogP contribution in [0.4, 0.5) is 0 Å². The summed E-state index contributed by atoms with van der Waals surface area (Å²) in [5, 5.41) is 11.2. The molecule has 1 N–H and O–H groups in total. The van der Waals surface area contributed by atoms with Gasteiger partial charge in [0.15, 0.2) is 0 Å². The number of hydrogen-bond acceptors (Lipinski definition) is 2. The van der Waals surface area contributed by atoms with Gasteiger partial charge < -0.3 is 5.21 Å². The number of halogens is 2. The van der Waals surface area contributed by atoms with Crippen molar-refractivity contribution in [2.45, 2.75) is 12.3 Å². The van der Waals surface area contributed by atoms with Gasteiger partial charge in [0.25, 0.3) is 0 Å². The number of oxime groups is 1. The molecular weight excluding hydrogens is 253 g/mol. The van der Waals surface area contributed by atoms with Crippen LogP contribution in [0.1, 0.15) is 17.9 Å². The average molecular weight is 263 g/mol. The van der Waals surface area contributed by atoms with E-state index in [0.29, 0.717) is 5.71 Å². The first kappa shape index (κ1) is 10.5. The Balaban J connectivity index is 2.89. The van der Waals surface area contributed by atoms with E-state index in [0.717, 1.165) is 10.0 Å². The predicted molar refractivity (Wildman–Crippen MR) is 57.6 cm³/mol. The summed E-state index contributed by atoms with van der Waals surface area (Å²) in [6.45, 7) is 1.68. The van der Waals surface area contributed by atoms with Crippen LogP contribution in [-0.2, 0) is 0 Å². The van der Waals surface area contributed by atoms with Crippen molar-refractivity contribution >= 4 is 33.2 Å². The van der Waals surface area contributed by atoms with Crippen LogP contribution in [0.15, 0.2) is 33.9 Å². The standard InChI is InChI=1S/C9H9BrClNO/c1-6(12-13)9(11)7-2-4-8(10)5-3-7/h2-5,9,13H,1H3. The minimum Gasteiger partial charge on any atom is -0.411 e. The largest absolute Gasteiger partial charge is 0.411 e. The first-order valence-corrected chi connectivity index (χ1v) is 4.96. The average Bonchev–Trinajstić information content (AvgIpc) is 2.17. The van der Waals surface area contributed by atoms with Crippen molar-refractivity contribution in [1.29, 1.82) is 0 Å².